The molecule has 2 heterocycles. The molecule has 2 aromatic heterocycles. The maximum absolute atomic E-state index is 12.7. The smallest absolute Gasteiger partial charge is 0.344 e. The van der Waals surface area contributed by atoms with Gasteiger partial charge in [-0.3, -0.25) is 14.6 Å². The molecule has 0 aliphatic heterocycles. The van der Waals surface area contributed by atoms with Crippen LogP contribution in [0.3, 0.4) is 0 Å². The van der Waals surface area contributed by atoms with Crippen molar-refractivity contribution in [1.82, 2.24) is 25.1 Å². The van der Waals surface area contributed by atoms with Crippen molar-refractivity contribution in [3.05, 3.63) is 75.5 Å². The van der Waals surface area contributed by atoms with E-state index in [4.69, 9.17) is 0 Å². The monoisotopic (exact) mass is 391 g/mol. The summed E-state index contributed by atoms with van der Waals surface area (Å²) >= 11 is 0. The summed E-state index contributed by atoms with van der Waals surface area (Å²) in [5.41, 5.74) is -0.121. The van der Waals surface area contributed by atoms with Crippen molar-refractivity contribution in [1.29, 1.82) is 0 Å². The van der Waals surface area contributed by atoms with E-state index >= 15 is 0 Å². The third-order valence-corrected chi connectivity index (χ3v) is 3.98. The van der Waals surface area contributed by atoms with Gasteiger partial charge in [-0.25, -0.2) is 9.67 Å². The third kappa shape index (κ3) is 4.27. The number of aryl methyl sites for hydroxylation is 1. The van der Waals surface area contributed by atoms with Crippen molar-refractivity contribution in [2.75, 3.05) is 0 Å². The first-order valence-electron chi connectivity index (χ1n) is 8.24. The molecule has 7 nitrogen and oxygen atoms in total. The fourth-order valence-corrected chi connectivity index (χ4v) is 2.51. The zero-order valence-electron chi connectivity index (χ0n) is 14.9. The number of aromatic nitrogens is 4. The van der Waals surface area contributed by atoms with Gasteiger partial charge in [0.2, 0.25) is 5.95 Å². The van der Waals surface area contributed by atoms with Crippen LogP contribution >= 0.6 is 0 Å². The Bertz CT molecular complexity index is 1050. The molecule has 3 rings (SSSR count). The van der Waals surface area contributed by atoms with Gasteiger partial charge in [0.25, 0.3) is 11.5 Å². The number of benzene rings is 1. The molecule has 3 aromatic rings. The van der Waals surface area contributed by atoms with E-state index in [-0.39, 0.29) is 11.6 Å². The highest BCUT2D eigenvalue weighted by Gasteiger charge is 2.30. The highest BCUT2D eigenvalue weighted by atomic mass is 19.4. The molecule has 0 bridgehead atoms. The molecule has 0 saturated heterocycles. The van der Waals surface area contributed by atoms with Crippen molar-refractivity contribution in [2.45, 2.75) is 26.1 Å². The van der Waals surface area contributed by atoms with Crippen molar-refractivity contribution in [3.8, 4) is 5.95 Å². The Balaban J connectivity index is 1.79. The molecule has 2 N–H and O–H groups in total. The second kappa shape index (κ2) is 7.29. The number of aromatic amines is 1. The highest BCUT2D eigenvalue weighted by Crippen LogP contribution is 2.29. The molecule has 0 spiro atoms. The van der Waals surface area contributed by atoms with Crippen LogP contribution in [0.15, 0.2) is 47.5 Å². The minimum Gasteiger partial charge on any atom is -0.344 e. The average molecular weight is 391 g/mol. The van der Waals surface area contributed by atoms with Crippen LogP contribution in [0.25, 0.3) is 5.95 Å². The standard InChI is InChI=1S/C18H16F3N5O2/c1-10-8-22-26(9-10)17-24-14(7-15(27)25-17)16(28)23-11(2)12-3-5-13(6-4-12)18(19,20)21/h3-9,11H,1-2H3,(H,23,28)(H,24,25,27). The number of carbonyl (C=O) groups excluding carboxylic acids is 1. The van der Waals surface area contributed by atoms with Crippen molar-refractivity contribution in [3.63, 3.8) is 0 Å². The van der Waals surface area contributed by atoms with E-state index in [9.17, 15) is 22.8 Å². The van der Waals surface area contributed by atoms with Gasteiger partial charge in [0.1, 0.15) is 5.69 Å². The number of rotatable bonds is 4. The minimum absolute atomic E-state index is 0.0768. The molecule has 0 saturated carbocycles. The first-order valence-corrected chi connectivity index (χ1v) is 8.24. The lowest BCUT2D eigenvalue weighted by Crippen LogP contribution is -2.29. The first-order chi connectivity index (χ1) is 13.1. The minimum atomic E-state index is -4.43. The predicted molar refractivity (Wildman–Crippen MR) is 94.0 cm³/mol. The molecule has 146 valence electrons. The van der Waals surface area contributed by atoms with E-state index in [1.807, 2.05) is 6.92 Å². The quantitative estimate of drug-likeness (QED) is 0.715. The Kier molecular flexibility index (Phi) is 5.04. The van der Waals surface area contributed by atoms with Gasteiger partial charge in [0, 0.05) is 12.3 Å². The zero-order chi connectivity index (χ0) is 20.5. The first kappa shape index (κ1) is 19.3. The number of nitrogens with zero attached hydrogens (tertiary/aromatic N) is 3. The number of nitrogens with one attached hydrogen (secondary N) is 2. The van der Waals surface area contributed by atoms with Crippen LogP contribution in [-0.4, -0.2) is 25.7 Å². The lowest BCUT2D eigenvalue weighted by atomic mass is 10.1. The molecule has 1 unspecified atom stereocenters. The highest BCUT2D eigenvalue weighted by molar-refractivity contribution is 5.92. The SMILES string of the molecule is Cc1cnn(-c2nc(C(=O)NC(C)c3ccc(C(F)(F)F)cc3)cc(=O)[nH]2)c1. The fourth-order valence-electron chi connectivity index (χ4n) is 2.51. The van der Waals surface area contributed by atoms with Crippen LogP contribution < -0.4 is 10.9 Å². The Morgan fingerprint density at radius 3 is 2.50 bits per heavy atom. The lowest BCUT2D eigenvalue weighted by Gasteiger charge is -2.15. The normalized spacial score (nSPS) is 12.6. The van der Waals surface area contributed by atoms with Gasteiger partial charge in [0.15, 0.2) is 0 Å². The van der Waals surface area contributed by atoms with Crippen LogP contribution in [0.2, 0.25) is 0 Å². The summed E-state index contributed by atoms with van der Waals surface area (Å²) in [5.74, 6) is -0.559. The van der Waals surface area contributed by atoms with Crippen molar-refractivity contribution < 1.29 is 18.0 Å². The predicted octanol–water partition coefficient (Wildman–Crippen LogP) is 2.77. The van der Waals surface area contributed by atoms with Gasteiger partial charge >= 0.3 is 6.18 Å². The van der Waals surface area contributed by atoms with Gasteiger partial charge in [-0.1, -0.05) is 12.1 Å². The van der Waals surface area contributed by atoms with Gasteiger partial charge < -0.3 is 5.32 Å². The summed E-state index contributed by atoms with van der Waals surface area (Å²) in [4.78, 5) is 30.9. The second-order valence-electron chi connectivity index (χ2n) is 6.23. The van der Waals surface area contributed by atoms with E-state index in [0.717, 1.165) is 23.8 Å². The van der Waals surface area contributed by atoms with E-state index in [1.165, 1.54) is 16.8 Å². The molecular formula is C18H16F3N5O2. The Morgan fingerprint density at radius 1 is 1.25 bits per heavy atom. The van der Waals surface area contributed by atoms with E-state index < -0.39 is 29.2 Å². The summed E-state index contributed by atoms with van der Waals surface area (Å²) in [6.07, 6.45) is -1.23. The summed E-state index contributed by atoms with van der Waals surface area (Å²) in [6, 6.07) is 4.91. The van der Waals surface area contributed by atoms with Crippen LogP contribution in [0.5, 0.6) is 0 Å². The van der Waals surface area contributed by atoms with Gasteiger partial charge in [-0.15, -0.1) is 0 Å². The number of amides is 1. The van der Waals surface area contributed by atoms with Gasteiger partial charge in [0.05, 0.1) is 17.8 Å². The summed E-state index contributed by atoms with van der Waals surface area (Å²) in [5, 5.41) is 6.64. The summed E-state index contributed by atoms with van der Waals surface area (Å²) in [6.45, 7) is 3.43. The van der Waals surface area contributed by atoms with Crippen molar-refractivity contribution in [2.24, 2.45) is 0 Å². The molecule has 0 aliphatic carbocycles. The van der Waals surface area contributed by atoms with Crippen LogP contribution in [0.4, 0.5) is 13.2 Å². The van der Waals surface area contributed by atoms with Crippen LogP contribution in [0.1, 0.15) is 40.1 Å². The van der Waals surface area contributed by atoms with Crippen LogP contribution in [0, 0.1) is 6.92 Å². The Labute approximate surface area is 157 Å². The maximum atomic E-state index is 12.7. The topological polar surface area (TPSA) is 92.7 Å². The number of carbonyl (C=O) groups is 1. The Hall–Kier alpha value is -3.43. The average Bonchev–Trinajstić information content (AvgIpc) is 3.07. The fraction of sp³-hybridized carbons (Fsp3) is 0.222. The van der Waals surface area contributed by atoms with Crippen molar-refractivity contribution >= 4 is 5.91 Å². The van der Waals surface area contributed by atoms with E-state index in [2.05, 4.69) is 20.4 Å². The summed E-state index contributed by atoms with van der Waals surface area (Å²) in [7, 11) is 0. The zero-order valence-corrected chi connectivity index (χ0v) is 14.9. The van der Waals surface area contributed by atoms with Gasteiger partial charge in [-0.2, -0.15) is 18.3 Å². The Morgan fingerprint density at radius 2 is 1.93 bits per heavy atom. The molecule has 10 heteroatoms. The number of halogens is 3. The maximum Gasteiger partial charge on any atom is 0.416 e. The molecule has 0 fully saturated rings. The molecule has 1 amide bonds. The number of alkyl halides is 3. The number of H-pyrrole nitrogens is 1. The molecule has 1 aromatic carbocycles. The molecule has 28 heavy (non-hydrogen) atoms. The summed E-state index contributed by atoms with van der Waals surface area (Å²) < 4.78 is 39.3. The number of hydrogen-bond acceptors (Lipinski definition) is 4. The van der Waals surface area contributed by atoms with Crippen LogP contribution in [-0.2, 0) is 6.18 Å². The molecule has 1 atom stereocenters. The van der Waals surface area contributed by atoms with Gasteiger partial charge in [-0.05, 0) is 37.1 Å². The largest absolute Gasteiger partial charge is 0.416 e. The number of hydrogen-bond donors (Lipinski definition) is 2. The second-order valence-corrected chi connectivity index (χ2v) is 6.23. The molecule has 0 aliphatic rings. The van der Waals surface area contributed by atoms with E-state index in [1.54, 1.807) is 19.3 Å². The van der Waals surface area contributed by atoms with E-state index in [0.29, 0.717) is 5.56 Å². The molecular weight excluding hydrogens is 375 g/mol. The molecule has 0 radical (unpaired) electrons. The third-order valence-electron chi connectivity index (χ3n) is 3.98. The lowest BCUT2D eigenvalue weighted by molar-refractivity contribution is -0.137.